The largest absolute Gasteiger partial charge is 0.507 e. The summed E-state index contributed by atoms with van der Waals surface area (Å²) in [5, 5.41) is 37.2. The number of benzene rings is 3. The van der Waals surface area contributed by atoms with Gasteiger partial charge in [0.15, 0.2) is 0 Å². The smallest absolute Gasteiger partial charge is 0.224 e. The molecular weight excluding hydrogens is 524 g/mol. The van der Waals surface area contributed by atoms with Crippen molar-refractivity contribution in [1.29, 1.82) is 0 Å². The van der Waals surface area contributed by atoms with E-state index < -0.39 is 18.1 Å². The topological polar surface area (TPSA) is 103 Å². The number of aromatic nitrogens is 1. The molecule has 0 fully saturated rings. The highest BCUT2D eigenvalue weighted by Gasteiger charge is 2.41. The fraction of sp³-hybridized carbons (Fsp3) is 0.389. The van der Waals surface area contributed by atoms with Crippen LogP contribution in [0.5, 0.6) is 5.75 Å². The number of pyridine rings is 1. The highest BCUT2D eigenvalue weighted by molar-refractivity contribution is 6.00. The molecular formula is C36H42N2O4. The van der Waals surface area contributed by atoms with E-state index in [2.05, 4.69) is 46.9 Å². The van der Waals surface area contributed by atoms with Gasteiger partial charge in [0.1, 0.15) is 5.75 Å². The molecule has 6 nitrogen and oxygen atoms in total. The van der Waals surface area contributed by atoms with Gasteiger partial charge in [-0.05, 0) is 69.7 Å². The number of hydrogen-bond acceptors (Lipinski definition) is 5. The van der Waals surface area contributed by atoms with Crippen molar-refractivity contribution in [2.45, 2.75) is 90.3 Å². The molecule has 0 aliphatic heterocycles. The molecule has 42 heavy (non-hydrogen) atoms. The minimum Gasteiger partial charge on any atom is -0.507 e. The maximum absolute atomic E-state index is 13.2. The summed E-state index contributed by atoms with van der Waals surface area (Å²) in [5.74, 6) is -0.407. The zero-order valence-electron chi connectivity index (χ0n) is 25.6. The van der Waals surface area contributed by atoms with Crippen LogP contribution >= 0.6 is 0 Å². The maximum Gasteiger partial charge on any atom is 0.224 e. The summed E-state index contributed by atoms with van der Waals surface area (Å²) in [5.41, 5.74) is 6.50. The lowest BCUT2D eigenvalue weighted by atomic mass is 9.78. The SMILES string of the molecule is Cc1cccc2c1C(O)C(c1ccc3cccc(NC(=O)CCc4cc(C(C)(C)C)c(O)c(C(C)(C)C)c4)c3n1)C2O. The van der Waals surface area contributed by atoms with Crippen LogP contribution in [0.4, 0.5) is 5.69 Å². The van der Waals surface area contributed by atoms with Gasteiger partial charge in [-0.3, -0.25) is 9.78 Å². The number of anilines is 1. The number of phenolic OH excluding ortho intramolecular Hbond substituents is 1. The summed E-state index contributed by atoms with van der Waals surface area (Å²) in [7, 11) is 0. The number of rotatable bonds is 5. The van der Waals surface area contributed by atoms with Gasteiger partial charge in [-0.1, -0.05) is 90.1 Å². The van der Waals surface area contributed by atoms with Crippen molar-refractivity contribution >= 4 is 22.5 Å². The van der Waals surface area contributed by atoms with E-state index >= 15 is 0 Å². The van der Waals surface area contributed by atoms with Crippen LogP contribution in [0.3, 0.4) is 0 Å². The number of aliphatic hydroxyl groups excluding tert-OH is 2. The Morgan fingerprint density at radius 3 is 2.14 bits per heavy atom. The van der Waals surface area contributed by atoms with Gasteiger partial charge >= 0.3 is 0 Å². The average Bonchev–Trinajstić information content (AvgIpc) is 3.17. The third-order valence-electron chi connectivity index (χ3n) is 8.44. The fourth-order valence-corrected chi connectivity index (χ4v) is 6.14. The highest BCUT2D eigenvalue weighted by atomic mass is 16.3. The summed E-state index contributed by atoms with van der Waals surface area (Å²) < 4.78 is 0. The summed E-state index contributed by atoms with van der Waals surface area (Å²) in [4.78, 5) is 18.1. The number of hydrogen-bond donors (Lipinski definition) is 4. The molecule has 4 aromatic rings. The lowest BCUT2D eigenvalue weighted by molar-refractivity contribution is -0.116. The van der Waals surface area contributed by atoms with E-state index in [-0.39, 0.29) is 23.2 Å². The number of para-hydroxylation sites is 1. The van der Waals surface area contributed by atoms with Crippen LogP contribution in [0.25, 0.3) is 10.9 Å². The predicted molar refractivity (Wildman–Crippen MR) is 168 cm³/mol. The van der Waals surface area contributed by atoms with Gasteiger partial charge in [-0.2, -0.15) is 0 Å². The van der Waals surface area contributed by atoms with E-state index in [1.54, 1.807) is 0 Å². The molecule has 0 bridgehead atoms. The van der Waals surface area contributed by atoms with E-state index in [0.29, 0.717) is 29.1 Å². The van der Waals surface area contributed by atoms with Gasteiger partial charge in [0, 0.05) is 11.8 Å². The second kappa shape index (κ2) is 10.8. The molecule has 0 saturated carbocycles. The first-order chi connectivity index (χ1) is 19.7. The molecule has 220 valence electrons. The normalized spacial score (nSPS) is 18.7. The summed E-state index contributed by atoms with van der Waals surface area (Å²) in [6.07, 6.45) is -0.949. The number of carbonyl (C=O) groups excluding carboxylic acids is 1. The number of aliphatic hydroxyl groups is 2. The maximum atomic E-state index is 13.2. The van der Waals surface area contributed by atoms with Crippen molar-refractivity contribution in [1.82, 2.24) is 4.98 Å². The second-order valence-electron chi connectivity index (χ2n) is 13.7. The molecule has 1 aliphatic carbocycles. The van der Waals surface area contributed by atoms with Gasteiger partial charge in [0.05, 0.1) is 35.0 Å². The van der Waals surface area contributed by atoms with Crippen LogP contribution in [-0.2, 0) is 22.0 Å². The van der Waals surface area contributed by atoms with Gasteiger partial charge < -0.3 is 20.6 Å². The van der Waals surface area contributed by atoms with Crippen LogP contribution in [-0.4, -0.2) is 26.2 Å². The first-order valence-corrected chi connectivity index (χ1v) is 14.7. The minimum atomic E-state index is -0.872. The summed E-state index contributed by atoms with van der Waals surface area (Å²) >= 11 is 0. The number of amides is 1. The van der Waals surface area contributed by atoms with E-state index in [1.807, 2.05) is 67.6 Å². The van der Waals surface area contributed by atoms with Crippen LogP contribution in [0.15, 0.2) is 60.7 Å². The zero-order valence-corrected chi connectivity index (χ0v) is 25.6. The van der Waals surface area contributed by atoms with Crippen LogP contribution in [0.1, 0.15) is 105 Å². The van der Waals surface area contributed by atoms with Crippen molar-refractivity contribution < 1.29 is 20.1 Å². The average molecular weight is 567 g/mol. The Labute approximate surface area is 248 Å². The molecule has 0 radical (unpaired) electrons. The molecule has 6 heteroatoms. The first-order valence-electron chi connectivity index (χ1n) is 14.7. The molecule has 3 aromatic carbocycles. The molecule has 4 N–H and O–H groups in total. The molecule has 1 amide bonds. The Balaban J connectivity index is 1.39. The number of carbonyl (C=O) groups is 1. The Morgan fingerprint density at radius 2 is 1.52 bits per heavy atom. The number of phenols is 1. The van der Waals surface area contributed by atoms with Crippen molar-refractivity contribution in [2.75, 3.05) is 5.32 Å². The Bertz CT molecular complexity index is 1630. The molecule has 1 heterocycles. The number of nitrogens with zero attached hydrogens (tertiary/aromatic N) is 1. The van der Waals surface area contributed by atoms with E-state index in [1.165, 1.54) is 0 Å². The molecule has 3 atom stereocenters. The van der Waals surface area contributed by atoms with Crippen LogP contribution in [0, 0.1) is 6.92 Å². The van der Waals surface area contributed by atoms with Gasteiger partial charge in [-0.25, -0.2) is 0 Å². The van der Waals surface area contributed by atoms with Gasteiger partial charge in [0.2, 0.25) is 5.91 Å². The molecule has 3 unspecified atom stereocenters. The number of aromatic hydroxyl groups is 1. The number of fused-ring (bicyclic) bond motifs is 2. The lowest BCUT2D eigenvalue weighted by Crippen LogP contribution is -2.18. The van der Waals surface area contributed by atoms with Crippen molar-refractivity contribution in [2.24, 2.45) is 0 Å². The zero-order chi connectivity index (χ0) is 30.6. The van der Waals surface area contributed by atoms with Gasteiger partial charge in [-0.15, -0.1) is 0 Å². The molecule has 0 spiro atoms. The van der Waals surface area contributed by atoms with Crippen molar-refractivity contribution in [3.63, 3.8) is 0 Å². The van der Waals surface area contributed by atoms with Gasteiger partial charge in [0.25, 0.3) is 0 Å². The standard InChI is InChI=1S/C36H42N2O4/c1-20-10-8-12-23-29(20)34(42)30(32(23)40)26-16-15-22-11-9-13-27(31(22)38-26)37-28(39)17-14-21-18-24(35(2,3)4)33(41)25(19-21)36(5,6)7/h8-13,15-16,18-19,30,32,34,40-42H,14,17H2,1-7H3,(H,37,39). The number of aryl methyl sites for hydroxylation is 2. The summed E-state index contributed by atoms with van der Waals surface area (Å²) in [6.45, 7) is 14.4. The summed E-state index contributed by atoms with van der Waals surface area (Å²) in [6, 6.07) is 19.1. The Hall–Kier alpha value is -3.74. The highest BCUT2D eigenvalue weighted by Crippen LogP contribution is 2.50. The van der Waals surface area contributed by atoms with E-state index in [4.69, 9.17) is 4.98 Å². The molecule has 1 aliphatic rings. The van der Waals surface area contributed by atoms with E-state index in [9.17, 15) is 20.1 Å². The first kappa shape index (κ1) is 29.7. The minimum absolute atomic E-state index is 0.138. The monoisotopic (exact) mass is 566 g/mol. The fourth-order valence-electron chi connectivity index (χ4n) is 6.14. The third kappa shape index (κ3) is 5.53. The lowest BCUT2D eigenvalue weighted by Gasteiger charge is -2.28. The Morgan fingerprint density at radius 1 is 0.881 bits per heavy atom. The van der Waals surface area contributed by atoms with E-state index in [0.717, 1.165) is 38.8 Å². The van der Waals surface area contributed by atoms with Crippen molar-refractivity contribution in [3.05, 3.63) is 99.7 Å². The van der Waals surface area contributed by atoms with Crippen LogP contribution < -0.4 is 5.32 Å². The third-order valence-corrected chi connectivity index (χ3v) is 8.44. The molecule has 1 aromatic heterocycles. The van der Waals surface area contributed by atoms with Crippen LogP contribution in [0.2, 0.25) is 0 Å². The molecule has 0 saturated heterocycles. The van der Waals surface area contributed by atoms with Crippen molar-refractivity contribution in [3.8, 4) is 5.75 Å². The second-order valence-corrected chi connectivity index (χ2v) is 13.7. The Kier molecular flexibility index (Phi) is 7.67. The quantitative estimate of drug-likeness (QED) is 0.203. The molecule has 5 rings (SSSR count). The number of nitrogens with one attached hydrogen (secondary N) is 1. The predicted octanol–water partition coefficient (Wildman–Crippen LogP) is 7.28.